The van der Waals surface area contributed by atoms with Gasteiger partial charge < -0.3 is 9.47 Å². The molecular formula is C23H19ClN4O6S2. The quantitative estimate of drug-likeness (QED) is 0.326. The molecule has 10 nitrogen and oxygen atoms in total. The number of hydrogen-bond donors (Lipinski definition) is 1. The largest absolute Gasteiger partial charge is 0.490 e. The van der Waals surface area contributed by atoms with Crippen molar-refractivity contribution in [3.8, 4) is 11.5 Å². The van der Waals surface area contributed by atoms with E-state index in [9.17, 15) is 18.0 Å². The van der Waals surface area contributed by atoms with Gasteiger partial charge in [0.25, 0.3) is 5.91 Å². The molecular weight excluding hydrogens is 528 g/mol. The molecule has 0 unspecified atom stereocenters. The van der Waals surface area contributed by atoms with Gasteiger partial charge in [0.1, 0.15) is 0 Å². The third-order valence-corrected chi connectivity index (χ3v) is 8.30. The summed E-state index contributed by atoms with van der Waals surface area (Å²) in [6.45, 7) is 3.45. The maximum Gasteiger partial charge on any atom is 0.343 e. The van der Waals surface area contributed by atoms with E-state index in [1.807, 2.05) is 0 Å². The minimum absolute atomic E-state index is 0.00890. The number of hydrogen-bond acceptors (Lipinski definition) is 9. The molecule has 13 heteroatoms. The van der Waals surface area contributed by atoms with Gasteiger partial charge in [0.15, 0.2) is 17.3 Å². The number of hydrazone groups is 1. The van der Waals surface area contributed by atoms with Crippen LogP contribution in [0.1, 0.15) is 29.8 Å². The molecule has 2 aliphatic rings. The lowest BCUT2D eigenvalue weighted by molar-refractivity contribution is -0.114. The van der Waals surface area contributed by atoms with Crippen molar-refractivity contribution < 1.29 is 27.5 Å². The second-order valence-corrected chi connectivity index (χ2v) is 11.1. The molecule has 0 saturated heterocycles. The van der Waals surface area contributed by atoms with Gasteiger partial charge in [0, 0.05) is 0 Å². The Morgan fingerprint density at radius 2 is 1.94 bits per heavy atom. The second kappa shape index (κ2) is 10.2. The smallest absolute Gasteiger partial charge is 0.343 e. The average Bonchev–Trinajstić information content (AvgIpc) is 3.29. The van der Waals surface area contributed by atoms with Crippen molar-refractivity contribution in [1.29, 1.82) is 5.41 Å². The molecule has 0 radical (unpaired) electrons. The molecule has 36 heavy (non-hydrogen) atoms. The zero-order valence-electron chi connectivity index (χ0n) is 19.0. The van der Waals surface area contributed by atoms with Crippen LogP contribution in [0.15, 0.2) is 58.1 Å². The third-order valence-electron chi connectivity index (χ3n) is 4.93. The molecule has 1 amide bonds. The van der Waals surface area contributed by atoms with Crippen LogP contribution < -0.4 is 9.47 Å². The molecule has 186 valence electrons. The summed E-state index contributed by atoms with van der Waals surface area (Å²) in [5, 5.41) is 13.4. The zero-order valence-corrected chi connectivity index (χ0v) is 21.4. The Balaban J connectivity index is 1.68. The summed E-state index contributed by atoms with van der Waals surface area (Å²) in [5.74, 6) is -1.71. The molecule has 0 spiro atoms. The van der Waals surface area contributed by atoms with Crippen molar-refractivity contribution in [2.24, 2.45) is 10.1 Å². The summed E-state index contributed by atoms with van der Waals surface area (Å²) in [5.41, 5.74) is 0.559. The predicted molar refractivity (Wildman–Crippen MR) is 138 cm³/mol. The van der Waals surface area contributed by atoms with E-state index in [1.54, 1.807) is 37.3 Å². The number of nitrogens with zero attached hydrogens (tertiary/aromatic N) is 3. The van der Waals surface area contributed by atoms with Crippen LogP contribution in [-0.4, -0.2) is 53.0 Å². The summed E-state index contributed by atoms with van der Waals surface area (Å²) < 4.78 is 35.2. The van der Waals surface area contributed by atoms with E-state index in [4.69, 9.17) is 26.5 Å². The summed E-state index contributed by atoms with van der Waals surface area (Å²) in [6, 6.07) is 11.3. The van der Waals surface area contributed by atoms with Crippen LogP contribution in [0.5, 0.6) is 11.5 Å². The Morgan fingerprint density at radius 1 is 1.22 bits per heavy atom. The van der Waals surface area contributed by atoms with Crippen molar-refractivity contribution in [3.63, 3.8) is 0 Å². The summed E-state index contributed by atoms with van der Waals surface area (Å²) in [6.07, 6.45) is 1.36. The van der Waals surface area contributed by atoms with E-state index in [1.165, 1.54) is 25.1 Å². The third kappa shape index (κ3) is 5.06. The van der Waals surface area contributed by atoms with Crippen LogP contribution in [0.3, 0.4) is 0 Å². The Labute approximate surface area is 216 Å². The number of rotatable bonds is 6. The Bertz CT molecular complexity index is 1470. The van der Waals surface area contributed by atoms with E-state index in [-0.39, 0.29) is 49.8 Å². The van der Waals surface area contributed by atoms with Crippen LogP contribution in [0.4, 0.5) is 0 Å². The lowest BCUT2D eigenvalue weighted by Gasteiger charge is -2.20. The Morgan fingerprint density at radius 3 is 2.61 bits per heavy atom. The molecule has 0 fully saturated rings. The van der Waals surface area contributed by atoms with E-state index in [0.717, 1.165) is 16.8 Å². The molecule has 2 aromatic rings. The van der Waals surface area contributed by atoms with Crippen LogP contribution in [0, 0.1) is 5.41 Å². The number of amidine groups is 2. The number of aliphatic imine (C=N–C) groups is 1. The number of sulfone groups is 1. The van der Waals surface area contributed by atoms with Crippen molar-refractivity contribution in [2.75, 3.05) is 12.4 Å². The molecule has 0 bridgehead atoms. The highest BCUT2D eigenvalue weighted by atomic mass is 35.5. The number of fused-ring (bicyclic) bond motifs is 1. The number of esters is 1. The first kappa shape index (κ1) is 25.6. The van der Waals surface area contributed by atoms with E-state index in [0.29, 0.717) is 11.1 Å². The Kier molecular flexibility index (Phi) is 7.29. The number of ether oxygens (including phenoxy) is 2. The normalized spacial score (nSPS) is 16.5. The van der Waals surface area contributed by atoms with Crippen molar-refractivity contribution in [1.82, 2.24) is 5.01 Å². The number of thioether (sulfide) groups is 1. The summed E-state index contributed by atoms with van der Waals surface area (Å²) >= 11 is 7.13. The maximum atomic E-state index is 12.7. The van der Waals surface area contributed by atoms with Gasteiger partial charge in [-0.2, -0.15) is 10.0 Å². The lowest BCUT2D eigenvalue weighted by atomic mass is 10.1. The van der Waals surface area contributed by atoms with Crippen LogP contribution in [-0.2, 0) is 14.6 Å². The number of carbonyl (C=O) groups excluding carboxylic acids is 2. The molecule has 1 N–H and O–H groups in total. The molecule has 0 aromatic heterocycles. The van der Waals surface area contributed by atoms with Gasteiger partial charge in [-0.1, -0.05) is 36.7 Å². The zero-order chi connectivity index (χ0) is 26.0. The van der Waals surface area contributed by atoms with Crippen molar-refractivity contribution in [2.45, 2.75) is 13.8 Å². The van der Waals surface area contributed by atoms with Gasteiger partial charge >= 0.3 is 5.97 Å². The van der Waals surface area contributed by atoms with E-state index in [2.05, 4.69) is 10.1 Å². The standard InChI is InChI=1S/C23H19ClN4O6S2/c1-3-33-17-12-13(11-16(24)18(17)34-21(30)14-8-6-5-7-9-14)10-15-19(25)28-22(26-20(15)29)35-23(27-28)36(31,32)4-2/h5-12,25H,3-4H2,1-2H3. The van der Waals surface area contributed by atoms with Gasteiger partial charge in [-0.05, 0) is 54.6 Å². The highest BCUT2D eigenvalue weighted by Crippen LogP contribution is 2.38. The monoisotopic (exact) mass is 546 g/mol. The minimum Gasteiger partial charge on any atom is -0.490 e. The van der Waals surface area contributed by atoms with Gasteiger partial charge in [0.05, 0.1) is 28.5 Å². The molecule has 0 aliphatic carbocycles. The second-order valence-electron chi connectivity index (χ2n) is 7.31. The van der Waals surface area contributed by atoms with Crippen molar-refractivity contribution in [3.05, 3.63) is 64.2 Å². The fourth-order valence-corrected chi connectivity index (χ4v) is 5.57. The molecule has 2 aromatic carbocycles. The van der Waals surface area contributed by atoms with Crippen LogP contribution in [0.2, 0.25) is 5.02 Å². The van der Waals surface area contributed by atoms with Gasteiger partial charge in [-0.25, -0.2) is 13.2 Å². The number of nitrogens with one attached hydrogen (secondary N) is 1. The predicted octanol–water partition coefficient (Wildman–Crippen LogP) is 3.97. The number of carbonyl (C=O) groups is 2. The van der Waals surface area contributed by atoms with E-state index < -0.39 is 21.7 Å². The number of benzene rings is 2. The van der Waals surface area contributed by atoms with Gasteiger partial charge in [-0.3, -0.25) is 10.2 Å². The van der Waals surface area contributed by atoms with Gasteiger partial charge in [0.2, 0.25) is 19.4 Å². The first-order valence-corrected chi connectivity index (χ1v) is 13.5. The average molecular weight is 547 g/mol. The highest BCUT2D eigenvalue weighted by Gasteiger charge is 2.39. The maximum absolute atomic E-state index is 12.7. The lowest BCUT2D eigenvalue weighted by Crippen LogP contribution is -2.35. The SMILES string of the molecule is CCOc1cc(C=C2C(=N)N3N=C(S(=O)(=O)CC)SC3=NC2=O)cc(Cl)c1OC(=O)c1ccccc1. The van der Waals surface area contributed by atoms with Crippen molar-refractivity contribution >= 4 is 66.5 Å². The highest BCUT2D eigenvalue weighted by molar-refractivity contribution is 8.42. The Hall–Kier alpha value is -3.48. The first-order chi connectivity index (χ1) is 17.1. The number of amides is 1. The number of halogens is 1. The summed E-state index contributed by atoms with van der Waals surface area (Å²) in [7, 11) is -3.64. The molecule has 4 rings (SSSR count). The summed E-state index contributed by atoms with van der Waals surface area (Å²) in [4.78, 5) is 29.1. The fraction of sp³-hybridized carbons (Fsp3) is 0.174. The molecule has 0 atom stereocenters. The molecule has 0 saturated carbocycles. The fourth-order valence-electron chi connectivity index (χ4n) is 3.15. The molecule has 2 heterocycles. The topological polar surface area (TPSA) is 139 Å². The van der Waals surface area contributed by atoms with Crippen LogP contribution in [0.25, 0.3) is 6.08 Å². The first-order valence-electron chi connectivity index (χ1n) is 10.6. The molecule has 2 aliphatic heterocycles. The van der Waals surface area contributed by atoms with Gasteiger partial charge in [-0.15, -0.1) is 5.10 Å². The van der Waals surface area contributed by atoms with Crippen LogP contribution >= 0.6 is 23.4 Å². The minimum atomic E-state index is -3.64. The van der Waals surface area contributed by atoms with E-state index >= 15 is 0 Å².